The highest BCUT2D eigenvalue weighted by atomic mass is 79.9. The molecular weight excluding hydrogens is 270 g/mol. The number of hydrogen-bond acceptors (Lipinski definition) is 2. The lowest BCUT2D eigenvalue weighted by atomic mass is 10.2. The molecule has 82 valence electrons. The molecular formula is C12H10BrNO2. The second-order valence-corrected chi connectivity index (χ2v) is 4.12. The van der Waals surface area contributed by atoms with Crippen LogP contribution in [0.15, 0.2) is 47.1 Å². The van der Waals surface area contributed by atoms with Crippen molar-refractivity contribution in [2.45, 2.75) is 6.61 Å². The van der Waals surface area contributed by atoms with Crippen LogP contribution in [0.25, 0.3) is 0 Å². The van der Waals surface area contributed by atoms with Gasteiger partial charge in [-0.25, -0.2) is 4.79 Å². The topological polar surface area (TPSA) is 42.1 Å². The van der Waals surface area contributed by atoms with Gasteiger partial charge in [0.2, 0.25) is 0 Å². The van der Waals surface area contributed by atoms with Gasteiger partial charge in [-0.1, -0.05) is 30.3 Å². The third-order valence-electron chi connectivity index (χ3n) is 2.11. The fourth-order valence-corrected chi connectivity index (χ4v) is 1.71. The molecule has 0 aliphatic carbocycles. The van der Waals surface area contributed by atoms with Gasteiger partial charge in [0, 0.05) is 10.7 Å². The average molecular weight is 280 g/mol. The van der Waals surface area contributed by atoms with Gasteiger partial charge in [-0.05, 0) is 27.6 Å². The summed E-state index contributed by atoms with van der Waals surface area (Å²) >= 11 is 3.26. The first-order chi connectivity index (χ1) is 7.77. The summed E-state index contributed by atoms with van der Waals surface area (Å²) in [5.74, 6) is -0.360. The Morgan fingerprint density at radius 3 is 2.62 bits per heavy atom. The molecule has 0 unspecified atom stereocenters. The predicted molar refractivity (Wildman–Crippen MR) is 64.1 cm³/mol. The lowest BCUT2D eigenvalue weighted by molar-refractivity contribution is 0.0465. The minimum absolute atomic E-state index is 0.283. The molecule has 1 aromatic heterocycles. The van der Waals surface area contributed by atoms with Crippen molar-refractivity contribution >= 4 is 21.9 Å². The molecule has 2 aromatic rings. The Hall–Kier alpha value is -1.55. The Kier molecular flexibility index (Phi) is 3.41. The van der Waals surface area contributed by atoms with Crippen molar-refractivity contribution in [2.24, 2.45) is 0 Å². The van der Waals surface area contributed by atoms with Gasteiger partial charge in [0.05, 0.1) is 0 Å². The number of ether oxygens (including phenoxy) is 1. The summed E-state index contributed by atoms with van der Waals surface area (Å²) in [6, 6.07) is 11.3. The van der Waals surface area contributed by atoms with Crippen molar-refractivity contribution in [1.29, 1.82) is 0 Å². The highest BCUT2D eigenvalue weighted by molar-refractivity contribution is 9.10. The van der Waals surface area contributed by atoms with Crippen LogP contribution in [-0.4, -0.2) is 11.0 Å². The molecule has 0 saturated carbocycles. The highest BCUT2D eigenvalue weighted by Crippen LogP contribution is 2.15. The van der Waals surface area contributed by atoms with E-state index in [0.29, 0.717) is 10.2 Å². The van der Waals surface area contributed by atoms with Crippen molar-refractivity contribution in [3.05, 3.63) is 58.3 Å². The van der Waals surface area contributed by atoms with Gasteiger partial charge >= 0.3 is 5.97 Å². The number of halogens is 1. The third-order valence-corrected chi connectivity index (χ3v) is 2.77. The fourth-order valence-electron chi connectivity index (χ4n) is 1.30. The van der Waals surface area contributed by atoms with Gasteiger partial charge in [0.15, 0.2) is 0 Å². The minimum atomic E-state index is -0.360. The van der Waals surface area contributed by atoms with E-state index < -0.39 is 0 Å². The van der Waals surface area contributed by atoms with Crippen molar-refractivity contribution in [3.63, 3.8) is 0 Å². The Bertz CT molecular complexity index is 479. The van der Waals surface area contributed by atoms with Crippen LogP contribution in [0.3, 0.4) is 0 Å². The summed E-state index contributed by atoms with van der Waals surface area (Å²) < 4.78 is 5.87. The molecule has 3 nitrogen and oxygen atoms in total. The molecule has 0 radical (unpaired) electrons. The Balaban J connectivity index is 1.97. The van der Waals surface area contributed by atoms with Crippen LogP contribution < -0.4 is 0 Å². The van der Waals surface area contributed by atoms with Crippen LogP contribution in [0, 0.1) is 0 Å². The maximum absolute atomic E-state index is 11.6. The monoisotopic (exact) mass is 279 g/mol. The number of carbonyl (C=O) groups excluding carboxylic acids is 1. The van der Waals surface area contributed by atoms with E-state index in [0.717, 1.165) is 5.56 Å². The summed E-state index contributed by atoms with van der Waals surface area (Å²) in [6.07, 6.45) is 1.68. The van der Waals surface area contributed by atoms with Crippen LogP contribution in [0.1, 0.15) is 16.1 Å². The summed E-state index contributed by atoms with van der Waals surface area (Å²) in [6.45, 7) is 0.283. The molecule has 0 fully saturated rings. The van der Waals surface area contributed by atoms with Gasteiger partial charge < -0.3 is 9.72 Å². The number of aromatic amines is 1. The quantitative estimate of drug-likeness (QED) is 0.878. The first-order valence-electron chi connectivity index (χ1n) is 4.81. The van der Waals surface area contributed by atoms with Crippen molar-refractivity contribution in [3.8, 4) is 0 Å². The molecule has 1 heterocycles. The molecule has 0 aliphatic rings. The standard InChI is InChI=1S/C12H10BrNO2/c13-10-6-7-14-11(10)12(15)16-8-9-4-2-1-3-5-9/h1-7,14H,8H2. The maximum atomic E-state index is 11.6. The number of hydrogen-bond donors (Lipinski definition) is 1. The van der Waals surface area contributed by atoms with Crippen molar-refractivity contribution < 1.29 is 9.53 Å². The summed E-state index contributed by atoms with van der Waals surface area (Å²) in [7, 11) is 0. The molecule has 0 spiro atoms. The van der Waals surface area contributed by atoms with Crippen LogP contribution >= 0.6 is 15.9 Å². The first kappa shape index (κ1) is 11.0. The highest BCUT2D eigenvalue weighted by Gasteiger charge is 2.12. The normalized spacial score (nSPS) is 10.1. The third kappa shape index (κ3) is 2.52. The van der Waals surface area contributed by atoms with Gasteiger partial charge in [-0.3, -0.25) is 0 Å². The van der Waals surface area contributed by atoms with Gasteiger partial charge in [-0.15, -0.1) is 0 Å². The summed E-state index contributed by atoms with van der Waals surface area (Å²) in [4.78, 5) is 14.4. The van der Waals surface area contributed by atoms with E-state index >= 15 is 0 Å². The first-order valence-corrected chi connectivity index (χ1v) is 5.60. The number of carbonyl (C=O) groups is 1. The van der Waals surface area contributed by atoms with Crippen LogP contribution in [-0.2, 0) is 11.3 Å². The molecule has 0 atom stereocenters. The number of H-pyrrole nitrogens is 1. The van der Waals surface area contributed by atoms with E-state index in [9.17, 15) is 4.79 Å². The van der Waals surface area contributed by atoms with E-state index in [-0.39, 0.29) is 12.6 Å². The maximum Gasteiger partial charge on any atom is 0.356 e. The van der Waals surface area contributed by atoms with E-state index in [1.807, 2.05) is 30.3 Å². The number of esters is 1. The van der Waals surface area contributed by atoms with Crippen molar-refractivity contribution in [2.75, 3.05) is 0 Å². The molecule has 0 saturated heterocycles. The Morgan fingerprint density at radius 1 is 1.25 bits per heavy atom. The molecule has 0 amide bonds. The van der Waals surface area contributed by atoms with Crippen LogP contribution in [0.5, 0.6) is 0 Å². The zero-order valence-electron chi connectivity index (χ0n) is 8.44. The van der Waals surface area contributed by atoms with Gasteiger partial charge in [-0.2, -0.15) is 0 Å². The molecule has 0 bridgehead atoms. The molecule has 0 aliphatic heterocycles. The minimum Gasteiger partial charge on any atom is -0.456 e. The van der Waals surface area contributed by atoms with Crippen LogP contribution in [0.2, 0.25) is 0 Å². The molecule has 16 heavy (non-hydrogen) atoms. The van der Waals surface area contributed by atoms with Gasteiger partial charge in [0.1, 0.15) is 12.3 Å². The van der Waals surface area contributed by atoms with E-state index in [1.54, 1.807) is 12.3 Å². The molecule has 1 N–H and O–H groups in total. The number of aromatic nitrogens is 1. The second kappa shape index (κ2) is 4.99. The zero-order valence-corrected chi connectivity index (χ0v) is 10.0. The smallest absolute Gasteiger partial charge is 0.356 e. The lowest BCUT2D eigenvalue weighted by Crippen LogP contribution is -2.06. The predicted octanol–water partition coefficient (Wildman–Crippen LogP) is 3.13. The number of benzene rings is 1. The SMILES string of the molecule is O=C(OCc1ccccc1)c1[nH]ccc1Br. The van der Waals surface area contributed by atoms with E-state index in [1.165, 1.54) is 0 Å². The lowest BCUT2D eigenvalue weighted by Gasteiger charge is -2.03. The fraction of sp³-hybridized carbons (Fsp3) is 0.0833. The van der Waals surface area contributed by atoms with E-state index in [4.69, 9.17) is 4.74 Å². The summed E-state index contributed by atoms with van der Waals surface area (Å²) in [5.41, 5.74) is 1.41. The van der Waals surface area contributed by atoms with Gasteiger partial charge in [0.25, 0.3) is 0 Å². The number of rotatable bonds is 3. The van der Waals surface area contributed by atoms with Crippen molar-refractivity contribution in [1.82, 2.24) is 4.98 Å². The Labute approximate surface area is 102 Å². The summed E-state index contributed by atoms with van der Waals surface area (Å²) in [5, 5.41) is 0. The largest absolute Gasteiger partial charge is 0.456 e. The average Bonchev–Trinajstić information content (AvgIpc) is 2.74. The number of nitrogens with one attached hydrogen (secondary N) is 1. The van der Waals surface area contributed by atoms with E-state index in [2.05, 4.69) is 20.9 Å². The second-order valence-electron chi connectivity index (χ2n) is 3.26. The van der Waals surface area contributed by atoms with Crippen LogP contribution in [0.4, 0.5) is 0 Å². The zero-order chi connectivity index (χ0) is 11.4. The Morgan fingerprint density at radius 2 is 2.00 bits per heavy atom. The molecule has 2 rings (SSSR count). The molecule has 1 aromatic carbocycles. The molecule has 4 heteroatoms.